The molecule has 1 saturated carbocycles. The van der Waals surface area contributed by atoms with Crippen LogP contribution >= 0.6 is 0 Å². The molecule has 1 aromatic carbocycles. The summed E-state index contributed by atoms with van der Waals surface area (Å²) < 4.78 is 11.5. The van der Waals surface area contributed by atoms with Crippen molar-refractivity contribution in [3.8, 4) is 5.75 Å². The molecule has 2 heteroatoms. The number of hydrogen-bond donors (Lipinski definition) is 0. The van der Waals surface area contributed by atoms with Crippen LogP contribution in [0.1, 0.15) is 51.0 Å². The lowest BCUT2D eigenvalue weighted by Crippen LogP contribution is -2.19. The normalized spacial score (nSPS) is 17.6. The quantitative estimate of drug-likeness (QED) is 0.648. The van der Waals surface area contributed by atoms with E-state index in [2.05, 4.69) is 6.58 Å². The third kappa shape index (κ3) is 5.01. The van der Waals surface area contributed by atoms with Gasteiger partial charge >= 0.3 is 0 Å². The predicted octanol–water partition coefficient (Wildman–Crippen LogP) is 5.04. The summed E-state index contributed by atoms with van der Waals surface area (Å²) >= 11 is 0. The van der Waals surface area contributed by atoms with Crippen molar-refractivity contribution in [2.75, 3.05) is 6.61 Å². The zero-order chi connectivity index (χ0) is 14.2. The third-order valence-electron chi connectivity index (χ3n) is 4.02. The van der Waals surface area contributed by atoms with Crippen LogP contribution in [0, 0.1) is 5.92 Å². The van der Waals surface area contributed by atoms with E-state index in [9.17, 15) is 0 Å². The molecule has 0 N–H and O–H groups in total. The Kier molecular flexibility index (Phi) is 6.13. The average molecular weight is 274 g/mol. The monoisotopic (exact) mass is 274 g/mol. The molecule has 1 aliphatic rings. The van der Waals surface area contributed by atoms with E-state index in [0.29, 0.717) is 0 Å². The van der Waals surface area contributed by atoms with Gasteiger partial charge in [-0.1, -0.05) is 56.9 Å². The molecule has 0 amide bonds. The Bertz CT molecular complexity index is 390. The van der Waals surface area contributed by atoms with Crippen molar-refractivity contribution < 1.29 is 9.47 Å². The summed E-state index contributed by atoms with van der Waals surface area (Å²) in [7, 11) is 0. The van der Waals surface area contributed by atoms with Crippen LogP contribution in [0.4, 0.5) is 0 Å². The number of ether oxygens (including phenoxy) is 2. The molecule has 20 heavy (non-hydrogen) atoms. The molecule has 1 aromatic rings. The van der Waals surface area contributed by atoms with Gasteiger partial charge in [-0.2, -0.15) is 0 Å². The van der Waals surface area contributed by atoms with Crippen LogP contribution in [0.5, 0.6) is 5.75 Å². The fourth-order valence-corrected chi connectivity index (χ4v) is 2.78. The van der Waals surface area contributed by atoms with Crippen LogP contribution in [0.25, 0.3) is 6.08 Å². The Morgan fingerprint density at radius 2 is 1.90 bits per heavy atom. The van der Waals surface area contributed by atoms with Crippen molar-refractivity contribution in [3.05, 3.63) is 36.4 Å². The van der Waals surface area contributed by atoms with E-state index in [1.54, 1.807) is 0 Å². The van der Waals surface area contributed by atoms with Crippen molar-refractivity contribution in [2.24, 2.45) is 5.92 Å². The number of hydrogen-bond acceptors (Lipinski definition) is 2. The highest BCUT2D eigenvalue weighted by Gasteiger charge is 2.13. The van der Waals surface area contributed by atoms with Crippen LogP contribution in [0.3, 0.4) is 0 Å². The molecule has 2 nitrogen and oxygen atoms in total. The molecule has 0 saturated heterocycles. The van der Waals surface area contributed by atoms with E-state index >= 15 is 0 Å². The van der Waals surface area contributed by atoms with Crippen molar-refractivity contribution in [1.82, 2.24) is 0 Å². The van der Waals surface area contributed by atoms with Gasteiger partial charge in [0.05, 0.1) is 6.61 Å². The van der Waals surface area contributed by atoms with Crippen molar-refractivity contribution in [1.29, 1.82) is 0 Å². The first-order chi connectivity index (χ1) is 9.78. The van der Waals surface area contributed by atoms with Crippen LogP contribution in [-0.2, 0) is 4.74 Å². The SMILES string of the molecule is C=Cc1ccc(OC(C)OCCC2CCCCC2)cc1. The summed E-state index contributed by atoms with van der Waals surface area (Å²) in [6.07, 6.45) is 9.77. The lowest BCUT2D eigenvalue weighted by atomic mass is 9.87. The Hall–Kier alpha value is -1.28. The summed E-state index contributed by atoms with van der Waals surface area (Å²) in [4.78, 5) is 0. The second-order valence-corrected chi connectivity index (χ2v) is 5.62. The molecule has 110 valence electrons. The van der Waals surface area contributed by atoms with Gasteiger partial charge in [-0.25, -0.2) is 0 Å². The predicted molar refractivity (Wildman–Crippen MR) is 83.8 cm³/mol. The highest BCUT2D eigenvalue weighted by atomic mass is 16.7. The second-order valence-electron chi connectivity index (χ2n) is 5.62. The topological polar surface area (TPSA) is 18.5 Å². The van der Waals surface area contributed by atoms with E-state index in [1.807, 2.05) is 37.3 Å². The molecule has 1 atom stereocenters. The summed E-state index contributed by atoms with van der Waals surface area (Å²) in [5, 5.41) is 0. The maximum Gasteiger partial charge on any atom is 0.196 e. The zero-order valence-corrected chi connectivity index (χ0v) is 12.5. The van der Waals surface area contributed by atoms with Crippen molar-refractivity contribution in [2.45, 2.75) is 51.7 Å². The van der Waals surface area contributed by atoms with Gasteiger partial charge in [-0.05, 0) is 37.0 Å². The van der Waals surface area contributed by atoms with E-state index < -0.39 is 0 Å². The smallest absolute Gasteiger partial charge is 0.196 e. The summed E-state index contributed by atoms with van der Waals surface area (Å²) in [5.41, 5.74) is 1.10. The summed E-state index contributed by atoms with van der Waals surface area (Å²) in [6, 6.07) is 7.91. The van der Waals surface area contributed by atoms with Crippen molar-refractivity contribution in [3.63, 3.8) is 0 Å². The molecular formula is C18H26O2. The first-order valence-electron chi connectivity index (χ1n) is 7.78. The minimum Gasteiger partial charge on any atom is -0.465 e. The summed E-state index contributed by atoms with van der Waals surface area (Å²) in [6.45, 7) is 6.50. The largest absolute Gasteiger partial charge is 0.465 e. The molecule has 0 bridgehead atoms. The molecule has 1 unspecified atom stereocenters. The first kappa shape index (κ1) is 15.1. The highest BCUT2D eigenvalue weighted by Crippen LogP contribution is 2.26. The van der Waals surface area contributed by atoms with Crippen molar-refractivity contribution >= 4 is 6.08 Å². The first-order valence-corrected chi connectivity index (χ1v) is 7.78. The molecule has 0 heterocycles. The van der Waals surface area contributed by atoms with Crippen LogP contribution < -0.4 is 4.74 Å². The molecule has 2 rings (SSSR count). The van der Waals surface area contributed by atoms with Crippen LogP contribution in [-0.4, -0.2) is 12.9 Å². The molecule has 0 radical (unpaired) electrons. The van der Waals surface area contributed by atoms with E-state index in [4.69, 9.17) is 9.47 Å². The third-order valence-corrected chi connectivity index (χ3v) is 4.02. The number of benzene rings is 1. The lowest BCUT2D eigenvalue weighted by molar-refractivity contribution is -0.0711. The van der Waals surface area contributed by atoms with Gasteiger partial charge in [-0.15, -0.1) is 0 Å². The minimum absolute atomic E-state index is 0.187. The van der Waals surface area contributed by atoms with Gasteiger partial charge in [0.15, 0.2) is 6.29 Å². The fourth-order valence-electron chi connectivity index (χ4n) is 2.78. The van der Waals surface area contributed by atoms with E-state index in [1.165, 1.54) is 38.5 Å². The van der Waals surface area contributed by atoms with Gasteiger partial charge in [0.2, 0.25) is 0 Å². The molecule has 1 aliphatic carbocycles. The zero-order valence-electron chi connectivity index (χ0n) is 12.5. The molecular weight excluding hydrogens is 248 g/mol. The molecule has 0 spiro atoms. The molecule has 1 fully saturated rings. The average Bonchev–Trinajstić information content (AvgIpc) is 2.49. The van der Waals surface area contributed by atoms with Crippen LogP contribution in [0.2, 0.25) is 0 Å². The maximum absolute atomic E-state index is 5.76. The van der Waals surface area contributed by atoms with Gasteiger partial charge in [0, 0.05) is 0 Å². The lowest BCUT2D eigenvalue weighted by Gasteiger charge is -2.22. The van der Waals surface area contributed by atoms with Gasteiger partial charge in [0.25, 0.3) is 0 Å². The van der Waals surface area contributed by atoms with Gasteiger partial charge < -0.3 is 9.47 Å². The molecule has 0 aliphatic heterocycles. The van der Waals surface area contributed by atoms with Gasteiger partial charge in [0.1, 0.15) is 5.75 Å². The fraction of sp³-hybridized carbons (Fsp3) is 0.556. The second kappa shape index (κ2) is 8.11. The number of rotatable bonds is 7. The Labute approximate surface area is 122 Å². The Morgan fingerprint density at radius 3 is 2.55 bits per heavy atom. The Balaban J connectivity index is 1.66. The Morgan fingerprint density at radius 1 is 1.20 bits per heavy atom. The standard InChI is InChI=1S/C18H26O2/c1-3-16-9-11-18(12-10-16)20-15(2)19-14-13-17-7-5-4-6-8-17/h3,9-12,15,17H,1,4-8,13-14H2,2H3. The maximum atomic E-state index is 5.76. The highest BCUT2D eigenvalue weighted by molar-refractivity contribution is 5.48. The molecule has 0 aromatic heterocycles. The van der Waals surface area contributed by atoms with Crippen LogP contribution in [0.15, 0.2) is 30.8 Å². The van der Waals surface area contributed by atoms with E-state index in [0.717, 1.165) is 23.8 Å². The minimum atomic E-state index is -0.187. The summed E-state index contributed by atoms with van der Waals surface area (Å²) in [5.74, 6) is 1.71. The van der Waals surface area contributed by atoms with E-state index in [-0.39, 0.29) is 6.29 Å². The van der Waals surface area contributed by atoms with Gasteiger partial charge in [-0.3, -0.25) is 0 Å².